The molecule has 1 aliphatic carbocycles. The van der Waals surface area contributed by atoms with Gasteiger partial charge in [-0.15, -0.1) is 0 Å². The van der Waals surface area contributed by atoms with Crippen molar-refractivity contribution in [2.75, 3.05) is 6.54 Å². The minimum atomic E-state index is -4.79. The lowest BCUT2D eigenvalue weighted by Gasteiger charge is -2.11. The second kappa shape index (κ2) is 5.38. The number of hydrogen-bond acceptors (Lipinski definition) is 5. The smallest absolute Gasteiger partial charge is 0.366 e. The summed E-state index contributed by atoms with van der Waals surface area (Å²) in [6, 6.07) is 4.10. The third-order valence-electron chi connectivity index (χ3n) is 3.65. The largest absolute Gasteiger partial charge is 0.451 e. The highest BCUT2D eigenvalue weighted by molar-refractivity contribution is 6.21. The van der Waals surface area contributed by atoms with E-state index in [1.165, 1.54) is 18.2 Å². The minimum Gasteiger partial charge on any atom is -0.366 e. The molecule has 9 heteroatoms. The van der Waals surface area contributed by atoms with Crippen LogP contribution in [0.4, 0.5) is 13.2 Å². The van der Waals surface area contributed by atoms with Gasteiger partial charge in [0.05, 0.1) is 5.69 Å². The Morgan fingerprint density at radius 3 is 2.46 bits per heavy atom. The predicted molar refractivity (Wildman–Crippen MR) is 77.2 cm³/mol. The molecule has 1 aliphatic rings. The highest BCUT2D eigenvalue weighted by atomic mass is 19.4. The van der Waals surface area contributed by atoms with Crippen LogP contribution in [0.15, 0.2) is 18.2 Å². The molecule has 124 valence electrons. The quantitative estimate of drug-likeness (QED) is 0.749. The Balaban J connectivity index is 2.27. The van der Waals surface area contributed by atoms with Gasteiger partial charge in [-0.3, -0.25) is 9.59 Å². The van der Waals surface area contributed by atoms with Crippen LogP contribution in [-0.2, 0) is 12.6 Å². The maximum absolute atomic E-state index is 13.0. The first-order chi connectivity index (χ1) is 11.2. The average molecular weight is 336 g/mol. The molecule has 1 heterocycles. The number of ketones is 1. The number of carbonyl (C=O) groups excluding carboxylic acids is 2. The van der Waals surface area contributed by atoms with Gasteiger partial charge in [-0.2, -0.15) is 13.2 Å². The van der Waals surface area contributed by atoms with Crippen LogP contribution in [0.25, 0.3) is 11.1 Å². The standard InChI is InChI=1S/C15H11F3N4O2/c16-15(17,18)14-21-9(3-4-19)10-7-2-1-6(13(20)24)5-8(7)12(23)11(10)22-14/h1-2,5H,3-4,19H2,(H2,20,24). The van der Waals surface area contributed by atoms with E-state index >= 15 is 0 Å². The van der Waals surface area contributed by atoms with Crippen molar-refractivity contribution in [2.45, 2.75) is 12.6 Å². The van der Waals surface area contributed by atoms with Crippen LogP contribution in [0.3, 0.4) is 0 Å². The van der Waals surface area contributed by atoms with E-state index in [2.05, 4.69) is 9.97 Å². The Morgan fingerprint density at radius 2 is 1.88 bits per heavy atom. The van der Waals surface area contributed by atoms with E-state index in [0.717, 1.165) is 0 Å². The van der Waals surface area contributed by atoms with E-state index in [1.54, 1.807) is 0 Å². The Labute approximate surface area is 133 Å². The fourth-order valence-corrected chi connectivity index (χ4v) is 2.63. The summed E-state index contributed by atoms with van der Waals surface area (Å²) in [4.78, 5) is 30.6. The maximum Gasteiger partial charge on any atom is 0.451 e. The molecule has 0 unspecified atom stereocenters. The molecule has 0 aliphatic heterocycles. The van der Waals surface area contributed by atoms with Gasteiger partial charge >= 0.3 is 6.18 Å². The van der Waals surface area contributed by atoms with Gasteiger partial charge in [-0.25, -0.2) is 9.97 Å². The second-order valence-electron chi connectivity index (χ2n) is 5.21. The van der Waals surface area contributed by atoms with Gasteiger partial charge in [-0.1, -0.05) is 6.07 Å². The highest BCUT2D eigenvalue weighted by Crippen LogP contribution is 2.39. The molecule has 6 nitrogen and oxygen atoms in total. The van der Waals surface area contributed by atoms with E-state index < -0.39 is 23.7 Å². The molecule has 2 aromatic rings. The Bertz CT molecular complexity index is 878. The van der Waals surface area contributed by atoms with Crippen LogP contribution in [0.2, 0.25) is 0 Å². The van der Waals surface area contributed by atoms with Gasteiger partial charge in [0.1, 0.15) is 5.69 Å². The van der Waals surface area contributed by atoms with E-state index in [-0.39, 0.29) is 41.0 Å². The molecule has 0 spiro atoms. The number of fused-ring (bicyclic) bond motifs is 3. The topological polar surface area (TPSA) is 112 Å². The number of nitrogens with zero attached hydrogens (tertiary/aromatic N) is 2. The lowest BCUT2D eigenvalue weighted by Crippen LogP contribution is -2.17. The molecule has 3 rings (SSSR count). The van der Waals surface area contributed by atoms with Gasteiger partial charge in [0.25, 0.3) is 0 Å². The molecule has 1 aromatic carbocycles. The first-order valence-corrected chi connectivity index (χ1v) is 6.91. The molecular weight excluding hydrogens is 325 g/mol. The molecule has 0 bridgehead atoms. The maximum atomic E-state index is 13.0. The van der Waals surface area contributed by atoms with Crippen LogP contribution in [-0.4, -0.2) is 28.2 Å². The number of hydrogen-bond donors (Lipinski definition) is 2. The van der Waals surface area contributed by atoms with Crippen molar-refractivity contribution < 1.29 is 22.8 Å². The molecular formula is C15H11F3N4O2. The fourth-order valence-electron chi connectivity index (χ4n) is 2.63. The van der Waals surface area contributed by atoms with Crippen LogP contribution < -0.4 is 11.5 Å². The number of alkyl halides is 3. The number of halogens is 3. The summed E-state index contributed by atoms with van der Waals surface area (Å²) in [5, 5.41) is 0. The minimum absolute atomic E-state index is 0.0498. The van der Waals surface area contributed by atoms with Crippen LogP contribution in [0, 0.1) is 0 Å². The fraction of sp³-hybridized carbons (Fsp3) is 0.200. The third-order valence-corrected chi connectivity index (χ3v) is 3.65. The second-order valence-corrected chi connectivity index (χ2v) is 5.21. The number of amides is 1. The molecule has 0 radical (unpaired) electrons. The SMILES string of the molecule is NCCc1nc(C(F)(F)F)nc2c1-c1ccc(C(N)=O)cc1C2=O. The van der Waals surface area contributed by atoms with E-state index in [4.69, 9.17) is 11.5 Å². The molecule has 0 fully saturated rings. The molecule has 0 saturated heterocycles. The zero-order chi connectivity index (χ0) is 17.6. The van der Waals surface area contributed by atoms with Crippen LogP contribution in [0.1, 0.15) is 37.9 Å². The average Bonchev–Trinajstić information content (AvgIpc) is 2.79. The van der Waals surface area contributed by atoms with Gasteiger partial charge in [0.15, 0.2) is 0 Å². The predicted octanol–water partition coefficient (Wildman–Crippen LogP) is 1.31. The lowest BCUT2D eigenvalue weighted by atomic mass is 10.0. The number of primary amides is 1. The monoisotopic (exact) mass is 336 g/mol. The van der Waals surface area contributed by atoms with Crippen LogP contribution >= 0.6 is 0 Å². The van der Waals surface area contributed by atoms with Crippen molar-refractivity contribution >= 4 is 11.7 Å². The van der Waals surface area contributed by atoms with Crippen molar-refractivity contribution in [3.05, 3.63) is 46.5 Å². The van der Waals surface area contributed by atoms with E-state index in [1.807, 2.05) is 0 Å². The Morgan fingerprint density at radius 1 is 1.17 bits per heavy atom. The van der Waals surface area contributed by atoms with Crippen molar-refractivity contribution in [3.63, 3.8) is 0 Å². The number of carbonyl (C=O) groups is 2. The normalized spacial score (nSPS) is 12.9. The number of rotatable bonds is 3. The lowest BCUT2D eigenvalue weighted by molar-refractivity contribution is -0.145. The van der Waals surface area contributed by atoms with Crippen molar-refractivity contribution in [1.82, 2.24) is 9.97 Å². The zero-order valence-corrected chi connectivity index (χ0v) is 12.1. The highest BCUT2D eigenvalue weighted by Gasteiger charge is 2.39. The summed E-state index contributed by atoms with van der Waals surface area (Å²) in [5.74, 6) is -2.83. The number of aromatic nitrogens is 2. The first kappa shape index (κ1) is 16.1. The first-order valence-electron chi connectivity index (χ1n) is 6.91. The molecule has 4 N–H and O–H groups in total. The van der Waals surface area contributed by atoms with E-state index in [9.17, 15) is 22.8 Å². The zero-order valence-electron chi connectivity index (χ0n) is 12.1. The Hall–Kier alpha value is -2.81. The van der Waals surface area contributed by atoms with Crippen molar-refractivity contribution in [3.8, 4) is 11.1 Å². The number of benzene rings is 1. The van der Waals surface area contributed by atoms with Gasteiger partial charge in [-0.05, 0) is 24.2 Å². The summed E-state index contributed by atoms with van der Waals surface area (Å²) >= 11 is 0. The van der Waals surface area contributed by atoms with Crippen molar-refractivity contribution in [1.29, 1.82) is 0 Å². The summed E-state index contributed by atoms with van der Waals surface area (Å²) in [7, 11) is 0. The van der Waals surface area contributed by atoms with Gasteiger partial charge in [0.2, 0.25) is 17.5 Å². The third kappa shape index (κ3) is 2.42. The molecule has 24 heavy (non-hydrogen) atoms. The molecule has 1 amide bonds. The van der Waals surface area contributed by atoms with Crippen molar-refractivity contribution in [2.24, 2.45) is 11.5 Å². The Kier molecular flexibility index (Phi) is 3.60. The van der Waals surface area contributed by atoms with Gasteiger partial charge in [0, 0.05) is 23.1 Å². The van der Waals surface area contributed by atoms with Gasteiger partial charge < -0.3 is 11.5 Å². The summed E-state index contributed by atoms with van der Waals surface area (Å²) in [6.07, 6.45) is -4.73. The summed E-state index contributed by atoms with van der Waals surface area (Å²) in [6.45, 7) is 0.0592. The molecule has 1 aromatic heterocycles. The molecule has 0 saturated carbocycles. The van der Waals surface area contributed by atoms with Crippen LogP contribution in [0.5, 0.6) is 0 Å². The number of nitrogens with two attached hydrogens (primary N) is 2. The summed E-state index contributed by atoms with van der Waals surface area (Å²) < 4.78 is 38.9. The molecule has 0 atom stereocenters. The summed E-state index contributed by atoms with van der Waals surface area (Å²) in [5.41, 5.74) is 11.1. The van der Waals surface area contributed by atoms with E-state index in [0.29, 0.717) is 5.56 Å².